The molecule has 114 valence electrons. The number of nitro benzene ring substituents is 3. The molecule has 0 saturated carbocycles. The summed E-state index contributed by atoms with van der Waals surface area (Å²) < 4.78 is 1.17. The quantitative estimate of drug-likeness (QED) is 0.389. The molecule has 0 aliphatic carbocycles. The number of nitrogens with zero attached hydrogens (tertiary/aromatic N) is 4. The SMILES string of the molecule is O=[N+]([O-])c1cc([N+](=O)[O-])c(-[n+]2ccccc2)c([N+](=O)[O-])c1.[Cl-]. The van der Waals surface area contributed by atoms with Gasteiger partial charge < -0.3 is 12.4 Å². The predicted molar refractivity (Wildman–Crippen MR) is 67.9 cm³/mol. The lowest BCUT2D eigenvalue weighted by Crippen LogP contribution is -3.00. The Balaban J connectivity index is 0.00000242. The van der Waals surface area contributed by atoms with Crippen LogP contribution in [0, 0.1) is 30.3 Å². The molecule has 2 aromatic rings. The topological polar surface area (TPSA) is 133 Å². The summed E-state index contributed by atoms with van der Waals surface area (Å²) in [7, 11) is 0. The first-order chi connectivity index (χ1) is 9.91. The third-order valence-electron chi connectivity index (χ3n) is 2.63. The fourth-order valence-electron chi connectivity index (χ4n) is 1.79. The van der Waals surface area contributed by atoms with Gasteiger partial charge in [0.05, 0.1) is 14.8 Å². The third kappa shape index (κ3) is 3.12. The first-order valence-electron chi connectivity index (χ1n) is 5.49. The van der Waals surface area contributed by atoms with Crippen molar-refractivity contribution in [3.8, 4) is 5.69 Å². The lowest BCUT2D eigenvalue weighted by molar-refractivity contribution is -0.606. The molecule has 0 aliphatic rings. The molecule has 0 amide bonds. The maximum atomic E-state index is 11.1. The highest BCUT2D eigenvalue weighted by Crippen LogP contribution is 2.33. The van der Waals surface area contributed by atoms with E-state index in [0.29, 0.717) is 12.1 Å². The molecule has 0 N–H and O–H groups in total. The first kappa shape index (κ1) is 16.9. The number of pyridine rings is 1. The number of nitro groups is 3. The highest BCUT2D eigenvalue weighted by atomic mass is 35.5. The van der Waals surface area contributed by atoms with Crippen molar-refractivity contribution in [2.75, 3.05) is 0 Å². The van der Waals surface area contributed by atoms with E-state index in [0.717, 1.165) is 0 Å². The van der Waals surface area contributed by atoms with E-state index in [1.807, 2.05) is 0 Å². The Kier molecular flexibility index (Phi) is 5.03. The molecular weight excluding hydrogens is 320 g/mol. The second kappa shape index (κ2) is 6.54. The minimum atomic E-state index is -0.917. The molecule has 1 aromatic carbocycles. The number of halogens is 1. The number of benzene rings is 1. The first-order valence-corrected chi connectivity index (χ1v) is 5.49. The van der Waals surface area contributed by atoms with Gasteiger partial charge in [-0.2, -0.15) is 4.57 Å². The zero-order chi connectivity index (χ0) is 15.6. The maximum Gasteiger partial charge on any atom is 0.367 e. The predicted octanol–water partition coefficient (Wildman–Crippen LogP) is -1.31. The Morgan fingerprint density at radius 3 is 1.59 bits per heavy atom. The number of hydrogen-bond acceptors (Lipinski definition) is 6. The average molecular weight is 327 g/mol. The van der Waals surface area contributed by atoms with Crippen molar-refractivity contribution < 1.29 is 31.7 Å². The van der Waals surface area contributed by atoms with E-state index in [1.165, 1.54) is 29.1 Å². The summed E-state index contributed by atoms with van der Waals surface area (Å²) in [5.74, 6) is 0. The van der Waals surface area contributed by atoms with E-state index in [1.54, 1.807) is 6.07 Å². The normalized spacial score (nSPS) is 9.64. The van der Waals surface area contributed by atoms with Crippen LogP contribution in [0.3, 0.4) is 0 Å². The molecule has 0 saturated heterocycles. The number of rotatable bonds is 4. The largest absolute Gasteiger partial charge is 1.00 e. The van der Waals surface area contributed by atoms with Gasteiger partial charge in [-0.05, 0) is 0 Å². The molecule has 2 rings (SSSR count). The lowest BCUT2D eigenvalue weighted by atomic mass is 10.2. The number of hydrogen-bond donors (Lipinski definition) is 0. The van der Waals surface area contributed by atoms with Gasteiger partial charge in [0.2, 0.25) is 0 Å². The summed E-state index contributed by atoms with van der Waals surface area (Å²) >= 11 is 0. The standard InChI is InChI=1S/C11H7N4O6.ClH/c16-13(17)8-6-9(14(18)19)11(10(7-8)15(20)21)12-4-2-1-3-5-12;/h1-7H;1H/q+1;/p-1. The van der Waals surface area contributed by atoms with Crippen LogP contribution in [-0.4, -0.2) is 14.8 Å². The van der Waals surface area contributed by atoms with Crippen LogP contribution in [0.5, 0.6) is 0 Å². The van der Waals surface area contributed by atoms with Gasteiger partial charge in [0.15, 0.2) is 12.4 Å². The van der Waals surface area contributed by atoms with Crippen LogP contribution in [0.2, 0.25) is 0 Å². The van der Waals surface area contributed by atoms with Gasteiger partial charge in [-0.25, -0.2) is 0 Å². The van der Waals surface area contributed by atoms with Crippen molar-refractivity contribution in [2.24, 2.45) is 0 Å². The summed E-state index contributed by atoms with van der Waals surface area (Å²) in [6, 6.07) is 6.06. The van der Waals surface area contributed by atoms with Gasteiger partial charge in [-0.15, -0.1) is 0 Å². The van der Waals surface area contributed by atoms with Crippen molar-refractivity contribution in [3.05, 3.63) is 73.1 Å². The number of aromatic nitrogens is 1. The molecule has 10 nitrogen and oxygen atoms in total. The molecule has 0 spiro atoms. The Morgan fingerprint density at radius 1 is 0.773 bits per heavy atom. The van der Waals surface area contributed by atoms with E-state index >= 15 is 0 Å². The maximum absolute atomic E-state index is 11.1. The molecule has 0 unspecified atom stereocenters. The molecule has 1 heterocycles. The Morgan fingerprint density at radius 2 is 1.23 bits per heavy atom. The molecule has 22 heavy (non-hydrogen) atoms. The van der Waals surface area contributed by atoms with Gasteiger partial charge in [0.1, 0.15) is 12.1 Å². The fraction of sp³-hybridized carbons (Fsp3) is 0. The Bertz CT molecular complexity index is 716. The molecule has 11 heteroatoms. The zero-order valence-electron chi connectivity index (χ0n) is 10.7. The monoisotopic (exact) mass is 326 g/mol. The summed E-state index contributed by atoms with van der Waals surface area (Å²) in [6.45, 7) is 0. The molecule has 0 aliphatic heterocycles. The van der Waals surface area contributed by atoms with Crippen LogP contribution >= 0.6 is 0 Å². The van der Waals surface area contributed by atoms with Crippen LogP contribution in [-0.2, 0) is 0 Å². The second-order valence-corrected chi connectivity index (χ2v) is 3.89. The summed E-state index contributed by atoms with van der Waals surface area (Å²) in [6.07, 6.45) is 2.75. The van der Waals surface area contributed by atoms with Crippen LogP contribution in [0.15, 0.2) is 42.7 Å². The third-order valence-corrected chi connectivity index (χ3v) is 2.63. The smallest absolute Gasteiger partial charge is 0.367 e. The van der Waals surface area contributed by atoms with E-state index in [4.69, 9.17) is 0 Å². The molecule has 0 atom stereocenters. The van der Waals surface area contributed by atoms with E-state index in [9.17, 15) is 30.3 Å². The minimum Gasteiger partial charge on any atom is -1.00 e. The van der Waals surface area contributed by atoms with Gasteiger partial charge in [-0.3, -0.25) is 30.3 Å². The summed E-state index contributed by atoms with van der Waals surface area (Å²) in [5, 5.41) is 32.9. The van der Waals surface area contributed by atoms with Gasteiger partial charge in [-0.1, -0.05) is 6.07 Å². The average Bonchev–Trinajstić information content (AvgIpc) is 2.46. The highest BCUT2D eigenvalue weighted by molar-refractivity contribution is 5.65. The fourth-order valence-corrected chi connectivity index (χ4v) is 1.79. The van der Waals surface area contributed by atoms with Crippen molar-refractivity contribution in [1.82, 2.24) is 0 Å². The highest BCUT2D eigenvalue weighted by Gasteiger charge is 2.37. The summed E-state index contributed by atoms with van der Waals surface area (Å²) in [4.78, 5) is 30.2. The molecule has 1 aromatic heterocycles. The van der Waals surface area contributed by atoms with E-state index < -0.39 is 31.8 Å². The molecule has 0 bridgehead atoms. The Labute approximate surface area is 128 Å². The number of non-ortho nitro benzene ring substituents is 1. The molecular formula is C11H7ClN4O6. The van der Waals surface area contributed by atoms with Crippen molar-refractivity contribution in [1.29, 1.82) is 0 Å². The van der Waals surface area contributed by atoms with E-state index in [2.05, 4.69) is 0 Å². The molecule has 0 radical (unpaired) electrons. The Hall–Kier alpha value is -3.14. The van der Waals surface area contributed by atoms with Gasteiger partial charge in [0, 0.05) is 12.1 Å². The van der Waals surface area contributed by atoms with Crippen LogP contribution in [0.1, 0.15) is 0 Å². The summed E-state index contributed by atoms with van der Waals surface area (Å²) in [5.41, 5.74) is -2.48. The minimum absolute atomic E-state index is 0. The van der Waals surface area contributed by atoms with Crippen LogP contribution < -0.4 is 17.0 Å². The molecule has 0 fully saturated rings. The van der Waals surface area contributed by atoms with Crippen molar-refractivity contribution >= 4 is 17.1 Å². The van der Waals surface area contributed by atoms with Crippen molar-refractivity contribution in [3.63, 3.8) is 0 Å². The lowest BCUT2D eigenvalue weighted by Gasteiger charge is -1.99. The van der Waals surface area contributed by atoms with E-state index in [-0.39, 0.29) is 18.1 Å². The zero-order valence-corrected chi connectivity index (χ0v) is 11.4. The van der Waals surface area contributed by atoms with Crippen LogP contribution in [0.25, 0.3) is 5.69 Å². The van der Waals surface area contributed by atoms with Gasteiger partial charge in [0.25, 0.3) is 5.69 Å². The second-order valence-electron chi connectivity index (χ2n) is 3.89. The van der Waals surface area contributed by atoms with Crippen LogP contribution in [0.4, 0.5) is 17.1 Å². The van der Waals surface area contributed by atoms with Crippen molar-refractivity contribution in [2.45, 2.75) is 0 Å². The van der Waals surface area contributed by atoms with Gasteiger partial charge >= 0.3 is 17.1 Å².